The number of allylic oxidation sites excluding steroid dienone is 1. The molecule has 1 nitrogen and oxygen atoms in total. The summed E-state index contributed by atoms with van der Waals surface area (Å²) in [7, 11) is 0. The largest absolute Gasteiger partial charge is 0.197 e. The predicted molar refractivity (Wildman–Crippen MR) is 68.6 cm³/mol. The molecule has 84 valence electrons. The molecule has 1 aromatic carbocycles. The van der Waals surface area contributed by atoms with Crippen molar-refractivity contribution in [1.82, 2.24) is 0 Å². The lowest BCUT2D eigenvalue weighted by Crippen LogP contribution is -2.05. The fourth-order valence-electron chi connectivity index (χ4n) is 1.71. The van der Waals surface area contributed by atoms with Gasteiger partial charge in [-0.2, -0.15) is 5.26 Å². The molecule has 2 heteroatoms. The Hall–Kier alpha value is -1.26. The topological polar surface area (TPSA) is 23.8 Å². The molecule has 1 aromatic rings. The highest BCUT2D eigenvalue weighted by molar-refractivity contribution is 6.22. The zero-order valence-corrected chi connectivity index (χ0v) is 10.2. The fraction of sp³-hybridized carbons (Fsp3) is 0.357. The smallest absolute Gasteiger partial charge is 0.121 e. The Morgan fingerprint density at radius 1 is 1.44 bits per heavy atom. The van der Waals surface area contributed by atoms with E-state index in [1.54, 1.807) is 0 Å². The Balaban J connectivity index is 2.81. The Morgan fingerprint density at radius 3 is 2.56 bits per heavy atom. The van der Waals surface area contributed by atoms with Crippen LogP contribution in [0.15, 0.2) is 36.9 Å². The van der Waals surface area contributed by atoms with Crippen molar-refractivity contribution in [2.75, 3.05) is 0 Å². The van der Waals surface area contributed by atoms with E-state index < -0.39 is 5.38 Å². The maximum absolute atomic E-state index is 8.74. The molecule has 0 aliphatic heterocycles. The molecule has 0 heterocycles. The van der Waals surface area contributed by atoms with Crippen molar-refractivity contribution in [3.8, 4) is 6.07 Å². The van der Waals surface area contributed by atoms with Crippen LogP contribution in [0.25, 0.3) is 0 Å². The van der Waals surface area contributed by atoms with Gasteiger partial charge in [0.15, 0.2) is 0 Å². The molecule has 0 saturated carbocycles. The molecule has 0 fully saturated rings. The minimum absolute atomic E-state index is 0.292. The van der Waals surface area contributed by atoms with Crippen molar-refractivity contribution in [2.45, 2.75) is 31.1 Å². The summed E-state index contributed by atoms with van der Waals surface area (Å²) in [5.41, 5.74) is 2.47. The summed E-state index contributed by atoms with van der Waals surface area (Å²) < 4.78 is 0. The number of nitriles is 1. The van der Waals surface area contributed by atoms with Crippen molar-refractivity contribution >= 4 is 11.6 Å². The van der Waals surface area contributed by atoms with Gasteiger partial charge in [0, 0.05) is 0 Å². The number of aryl methyl sites for hydroxylation is 1. The van der Waals surface area contributed by atoms with Crippen LogP contribution in [0, 0.1) is 18.3 Å². The van der Waals surface area contributed by atoms with Gasteiger partial charge >= 0.3 is 0 Å². The highest BCUT2D eigenvalue weighted by Gasteiger charge is 2.14. The summed E-state index contributed by atoms with van der Waals surface area (Å²) in [6.45, 7) is 5.81. The van der Waals surface area contributed by atoms with E-state index >= 15 is 0 Å². The summed E-state index contributed by atoms with van der Waals surface area (Å²) >= 11 is 5.88. The summed E-state index contributed by atoms with van der Waals surface area (Å²) in [4.78, 5) is 0. The molecule has 0 aromatic heterocycles. The van der Waals surface area contributed by atoms with Crippen LogP contribution in [0.2, 0.25) is 0 Å². The Morgan fingerprint density at radius 2 is 2.06 bits per heavy atom. The second kappa shape index (κ2) is 6.35. The van der Waals surface area contributed by atoms with Crippen LogP contribution < -0.4 is 0 Å². The summed E-state index contributed by atoms with van der Waals surface area (Å²) in [5.74, 6) is 0.292. The molecule has 0 aliphatic rings. The molecule has 2 atom stereocenters. The lowest BCUT2D eigenvalue weighted by Gasteiger charge is -2.16. The predicted octanol–water partition coefficient (Wildman–Crippen LogP) is 4.18. The monoisotopic (exact) mass is 233 g/mol. The third-order valence-corrected chi connectivity index (χ3v) is 2.91. The first-order valence-electron chi connectivity index (χ1n) is 5.38. The number of hydrogen-bond acceptors (Lipinski definition) is 1. The van der Waals surface area contributed by atoms with Gasteiger partial charge in [-0.3, -0.25) is 0 Å². The minimum Gasteiger partial charge on any atom is -0.197 e. The number of rotatable bonds is 5. The molecular weight excluding hydrogens is 218 g/mol. The summed E-state index contributed by atoms with van der Waals surface area (Å²) in [6, 6.07) is 10.4. The standard InChI is InChI=1S/C14H16ClN/c1-3-4-13(9-14(15)10-16)12-7-5-11(2)6-8-12/h3,5-8,13-14H,1,4,9H2,2H3. The SMILES string of the molecule is C=CCC(CC(Cl)C#N)c1ccc(C)cc1. The van der Waals surface area contributed by atoms with Gasteiger partial charge in [-0.1, -0.05) is 35.9 Å². The number of benzene rings is 1. The first-order chi connectivity index (χ1) is 7.67. The highest BCUT2D eigenvalue weighted by atomic mass is 35.5. The maximum atomic E-state index is 8.74. The summed E-state index contributed by atoms with van der Waals surface area (Å²) in [5, 5.41) is 8.31. The van der Waals surface area contributed by atoms with Gasteiger partial charge < -0.3 is 0 Å². The fourth-order valence-corrected chi connectivity index (χ4v) is 1.93. The zero-order chi connectivity index (χ0) is 12.0. The molecule has 0 saturated heterocycles. The molecule has 0 amide bonds. The normalized spacial score (nSPS) is 13.8. The molecule has 0 bridgehead atoms. The molecule has 1 rings (SSSR count). The van der Waals surface area contributed by atoms with Crippen LogP contribution in [0.4, 0.5) is 0 Å². The third kappa shape index (κ3) is 3.72. The Labute approximate surface area is 102 Å². The van der Waals surface area contributed by atoms with E-state index in [0.717, 1.165) is 6.42 Å². The van der Waals surface area contributed by atoms with E-state index in [1.807, 2.05) is 6.08 Å². The number of hydrogen-bond donors (Lipinski definition) is 0. The first-order valence-corrected chi connectivity index (χ1v) is 5.82. The van der Waals surface area contributed by atoms with Gasteiger partial charge in [-0.15, -0.1) is 18.2 Å². The summed E-state index contributed by atoms with van der Waals surface area (Å²) in [6.07, 6.45) is 3.41. The maximum Gasteiger partial charge on any atom is 0.121 e. The molecule has 0 N–H and O–H groups in total. The van der Waals surface area contributed by atoms with Gasteiger partial charge in [0.25, 0.3) is 0 Å². The number of nitrogens with zero attached hydrogens (tertiary/aromatic N) is 1. The van der Waals surface area contributed by atoms with Crippen molar-refractivity contribution in [2.24, 2.45) is 0 Å². The third-order valence-electron chi connectivity index (χ3n) is 2.63. The van der Waals surface area contributed by atoms with E-state index in [1.165, 1.54) is 11.1 Å². The molecule has 0 spiro atoms. The second-order valence-corrected chi connectivity index (χ2v) is 4.49. The number of halogens is 1. The first kappa shape index (κ1) is 12.8. The molecule has 2 unspecified atom stereocenters. The van der Waals surface area contributed by atoms with E-state index in [-0.39, 0.29) is 0 Å². The highest BCUT2D eigenvalue weighted by Crippen LogP contribution is 2.27. The van der Waals surface area contributed by atoms with Crippen molar-refractivity contribution in [1.29, 1.82) is 5.26 Å². The van der Waals surface area contributed by atoms with Gasteiger partial charge in [0.05, 0.1) is 6.07 Å². The lowest BCUT2D eigenvalue weighted by molar-refractivity contribution is 0.649. The van der Waals surface area contributed by atoms with Crippen LogP contribution in [0.1, 0.15) is 29.9 Å². The molecule has 0 aliphatic carbocycles. The van der Waals surface area contributed by atoms with Crippen molar-refractivity contribution < 1.29 is 0 Å². The second-order valence-electron chi connectivity index (χ2n) is 3.96. The lowest BCUT2D eigenvalue weighted by atomic mass is 9.91. The number of alkyl halides is 1. The van der Waals surface area contributed by atoms with Crippen LogP contribution in [0.5, 0.6) is 0 Å². The zero-order valence-electron chi connectivity index (χ0n) is 9.49. The average molecular weight is 234 g/mol. The molecule has 0 radical (unpaired) electrons. The van der Waals surface area contributed by atoms with Crippen LogP contribution in [-0.2, 0) is 0 Å². The Bertz CT molecular complexity index is 375. The van der Waals surface area contributed by atoms with E-state index in [0.29, 0.717) is 12.3 Å². The van der Waals surface area contributed by atoms with Crippen LogP contribution >= 0.6 is 11.6 Å². The quantitative estimate of drug-likeness (QED) is 0.553. The molecular formula is C14H16ClN. The van der Waals surface area contributed by atoms with Crippen molar-refractivity contribution in [3.63, 3.8) is 0 Å². The van der Waals surface area contributed by atoms with Gasteiger partial charge in [-0.05, 0) is 31.2 Å². The molecule has 16 heavy (non-hydrogen) atoms. The van der Waals surface area contributed by atoms with Gasteiger partial charge in [0.1, 0.15) is 5.38 Å². The minimum atomic E-state index is -0.425. The van der Waals surface area contributed by atoms with E-state index in [2.05, 4.69) is 43.8 Å². The Kier molecular flexibility index (Phi) is 5.08. The van der Waals surface area contributed by atoms with Crippen LogP contribution in [-0.4, -0.2) is 5.38 Å². The van der Waals surface area contributed by atoms with Gasteiger partial charge in [0.2, 0.25) is 0 Å². The van der Waals surface area contributed by atoms with Gasteiger partial charge in [-0.25, -0.2) is 0 Å². The van der Waals surface area contributed by atoms with E-state index in [4.69, 9.17) is 16.9 Å². The van der Waals surface area contributed by atoms with Crippen LogP contribution in [0.3, 0.4) is 0 Å². The average Bonchev–Trinajstić information content (AvgIpc) is 2.29. The van der Waals surface area contributed by atoms with Crippen molar-refractivity contribution in [3.05, 3.63) is 48.0 Å². The van der Waals surface area contributed by atoms with E-state index in [9.17, 15) is 0 Å².